The molecule has 2 heteroatoms. The lowest BCUT2D eigenvalue weighted by molar-refractivity contribution is 0.302. The Bertz CT molecular complexity index is 267. The van der Waals surface area contributed by atoms with Gasteiger partial charge in [0.1, 0.15) is 0 Å². The quantitative estimate of drug-likeness (QED) is 0.513. The molecule has 1 aromatic rings. The number of hydrogen-bond donors (Lipinski definition) is 0. The highest BCUT2D eigenvalue weighted by Crippen LogP contribution is 2.10. The van der Waals surface area contributed by atoms with Crippen LogP contribution in [0, 0.1) is 0 Å². The molecule has 0 aliphatic heterocycles. The first-order chi connectivity index (χ1) is 6.33. The highest BCUT2D eigenvalue weighted by atomic mass is 16.5. The molecule has 13 heavy (non-hydrogen) atoms. The molecule has 0 saturated carbocycles. The zero-order valence-electron chi connectivity index (χ0n) is 8.16. The first-order valence-electron chi connectivity index (χ1n) is 4.56. The molecule has 0 amide bonds. The van der Waals surface area contributed by atoms with Crippen LogP contribution in [0.4, 0.5) is 5.69 Å². The summed E-state index contributed by atoms with van der Waals surface area (Å²) in [6, 6.07) is 9.82. The first-order valence-corrected chi connectivity index (χ1v) is 4.56. The highest BCUT2D eigenvalue weighted by Gasteiger charge is 1.91. The summed E-state index contributed by atoms with van der Waals surface area (Å²) in [6.45, 7) is 4.70. The molecule has 0 spiro atoms. The van der Waals surface area contributed by atoms with Gasteiger partial charge < -0.3 is 4.74 Å². The van der Waals surface area contributed by atoms with Gasteiger partial charge in [0.25, 0.3) is 0 Å². The Hall–Kier alpha value is -1.31. The van der Waals surface area contributed by atoms with E-state index in [1.807, 2.05) is 37.3 Å². The third kappa shape index (κ3) is 3.74. The molecular formula is C11H15NO. The van der Waals surface area contributed by atoms with Crippen LogP contribution in [0.15, 0.2) is 35.3 Å². The molecule has 0 aliphatic rings. The highest BCUT2D eigenvalue weighted by molar-refractivity contribution is 5.76. The topological polar surface area (TPSA) is 21.6 Å². The second-order valence-electron chi connectivity index (χ2n) is 2.81. The maximum absolute atomic E-state index is 5.35. The lowest BCUT2D eigenvalue weighted by atomic mass is 10.3. The van der Waals surface area contributed by atoms with Crippen molar-refractivity contribution in [1.82, 2.24) is 0 Å². The van der Waals surface area contributed by atoms with Crippen molar-refractivity contribution in [1.29, 1.82) is 0 Å². The molecule has 0 atom stereocenters. The van der Waals surface area contributed by atoms with E-state index >= 15 is 0 Å². The number of hydrogen-bond acceptors (Lipinski definition) is 2. The number of benzene rings is 1. The molecule has 0 aromatic heterocycles. The van der Waals surface area contributed by atoms with Crippen molar-refractivity contribution < 1.29 is 4.74 Å². The molecule has 0 N–H and O–H groups in total. The number of rotatable bonds is 3. The van der Waals surface area contributed by atoms with Crippen molar-refractivity contribution in [2.24, 2.45) is 4.99 Å². The monoisotopic (exact) mass is 177 g/mol. The Morgan fingerprint density at radius 3 is 2.62 bits per heavy atom. The fourth-order valence-electron chi connectivity index (χ4n) is 0.966. The van der Waals surface area contributed by atoms with E-state index in [0.29, 0.717) is 0 Å². The van der Waals surface area contributed by atoms with Gasteiger partial charge in [0.2, 0.25) is 0 Å². The normalized spacial score (nSPS) is 11.4. The van der Waals surface area contributed by atoms with E-state index in [4.69, 9.17) is 4.74 Å². The summed E-state index contributed by atoms with van der Waals surface area (Å²) in [5.41, 5.74) is 0.941. The predicted octanol–water partition coefficient (Wildman–Crippen LogP) is 3.16. The second kappa shape index (κ2) is 5.36. The Morgan fingerprint density at radius 1 is 1.31 bits per heavy atom. The molecule has 70 valence electrons. The van der Waals surface area contributed by atoms with Crippen molar-refractivity contribution in [2.75, 3.05) is 6.61 Å². The fraction of sp³-hybridized carbons (Fsp3) is 0.364. The van der Waals surface area contributed by atoms with Gasteiger partial charge in [0.05, 0.1) is 12.3 Å². The second-order valence-corrected chi connectivity index (χ2v) is 2.81. The summed E-state index contributed by atoms with van der Waals surface area (Å²) in [6.07, 6.45) is 1.02. The Balaban J connectivity index is 2.55. The summed E-state index contributed by atoms with van der Waals surface area (Å²) in [4.78, 5) is 4.29. The van der Waals surface area contributed by atoms with Crippen LogP contribution in [0.5, 0.6) is 0 Å². The molecule has 0 bridgehead atoms. The molecule has 0 aliphatic carbocycles. The summed E-state index contributed by atoms with van der Waals surface area (Å²) >= 11 is 0. The molecule has 0 fully saturated rings. The smallest absolute Gasteiger partial charge is 0.185 e. The van der Waals surface area contributed by atoms with Gasteiger partial charge in [-0.3, -0.25) is 0 Å². The molecule has 0 saturated heterocycles. The zero-order valence-corrected chi connectivity index (χ0v) is 8.16. The molecule has 1 aromatic carbocycles. The van der Waals surface area contributed by atoms with Crippen LogP contribution in [0.2, 0.25) is 0 Å². The first kappa shape index (κ1) is 9.78. The van der Waals surface area contributed by atoms with E-state index in [0.717, 1.165) is 24.6 Å². The number of aliphatic imine (C=N–C) groups is 1. The third-order valence-corrected chi connectivity index (χ3v) is 1.56. The van der Waals surface area contributed by atoms with Gasteiger partial charge in [-0.2, -0.15) is 0 Å². The van der Waals surface area contributed by atoms with Gasteiger partial charge in [-0.05, 0) is 18.6 Å². The van der Waals surface area contributed by atoms with Crippen LogP contribution in [0.1, 0.15) is 20.3 Å². The number of para-hydroxylation sites is 1. The van der Waals surface area contributed by atoms with Crippen LogP contribution in [-0.4, -0.2) is 12.5 Å². The minimum atomic E-state index is 0.730. The lowest BCUT2D eigenvalue weighted by Crippen LogP contribution is -1.99. The molecule has 0 unspecified atom stereocenters. The van der Waals surface area contributed by atoms with E-state index in [9.17, 15) is 0 Å². The van der Waals surface area contributed by atoms with Crippen LogP contribution in [0.3, 0.4) is 0 Å². The molecular weight excluding hydrogens is 162 g/mol. The maximum Gasteiger partial charge on any atom is 0.185 e. The van der Waals surface area contributed by atoms with Crippen LogP contribution >= 0.6 is 0 Å². The van der Waals surface area contributed by atoms with Crippen LogP contribution in [0.25, 0.3) is 0 Å². The maximum atomic E-state index is 5.35. The van der Waals surface area contributed by atoms with E-state index in [1.54, 1.807) is 0 Å². The predicted molar refractivity (Wildman–Crippen MR) is 55.5 cm³/mol. The summed E-state index contributed by atoms with van der Waals surface area (Å²) < 4.78 is 5.35. The van der Waals surface area contributed by atoms with Gasteiger partial charge in [-0.15, -0.1) is 0 Å². The van der Waals surface area contributed by atoms with Gasteiger partial charge in [-0.25, -0.2) is 4.99 Å². The molecule has 0 radical (unpaired) electrons. The van der Waals surface area contributed by atoms with Crippen molar-refractivity contribution >= 4 is 11.6 Å². The molecule has 0 heterocycles. The average molecular weight is 177 g/mol. The summed E-state index contributed by atoms with van der Waals surface area (Å²) in [7, 11) is 0. The minimum Gasteiger partial charge on any atom is -0.481 e. The van der Waals surface area contributed by atoms with E-state index < -0.39 is 0 Å². The van der Waals surface area contributed by atoms with Gasteiger partial charge in [0.15, 0.2) is 5.90 Å². The van der Waals surface area contributed by atoms with Crippen molar-refractivity contribution in [3.05, 3.63) is 30.3 Å². The van der Waals surface area contributed by atoms with Crippen molar-refractivity contribution in [3.63, 3.8) is 0 Å². The van der Waals surface area contributed by atoms with Gasteiger partial charge >= 0.3 is 0 Å². The van der Waals surface area contributed by atoms with Crippen LogP contribution in [-0.2, 0) is 4.74 Å². The Labute approximate surface area is 79.3 Å². The minimum absolute atomic E-state index is 0.730. The third-order valence-electron chi connectivity index (χ3n) is 1.56. The summed E-state index contributed by atoms with van der Waals surface area (Å²) in [5, 5.41) is 0. The Morgan fingerprint density at radius 2 is 2.00 bits per heavy atom. The number of nitrogens with zero attached hydrogens (tertiary/aromatic N) is 1. The average Bonchev–Trinajstić information content (AvgIpc) is 2.16. The fourth-order valence-corrected chi connectivity index (χ4v) is 0.966. The largest absolute Gasteiger partial charge is 0.481 e. The van der Waals surface area contributed by atoms with Gasteiger partial charge in [0, 0.05) is 6.92 Å². The number of ether oxygens (including phenoxy) is 1. The van der Waals surface area contributed by atoms with Crippen molar-refractivity contribution in [3.8, 4) is 0 Å². The zero-order chi connectivity index (χ0) is 9.52. The van der Waals surface area contributed by atoms with Gasteiger partial charge in [-0.1, -0.05) is 25.1 Å². The summed E-state index contributed by atoms with van der Waals surface area (Å²) in [5.74, 6) is 0.730. The van der Waals surface area contributed by atoms with E-state index in [1.165, 1.54) is 0 Å². The Kier molecular flexibility index (Phi) is 4.03. The standard InChI is InChI=1S/C11H15NO/c1-3-9-13-10(2)12-11-7-5-4-6-8-11/h4-8H,3,9H2,1-2H3. The molecule has 1 rings (SSSR count). The van der Waals surface area contributed by atoms with E-state index in [2.05, 4.69) is 11.9 Å². The molecule has 2 nitrogen and oxygen atoms in total. The van der Waals surface area contributed by atoms with Crippen LogP contribution < -0.4 is 0 Å². The SMILES string of the molecule is CCCOC(C)=Nc1ccccc1. The van der Waals surface area contributed by atoms with Crippen molar-refractivity contribution in [2.45, 2.75) is 20.3 Å². The lowest BCUT2D eigenvalue weighted by Gasteiger charge is -2.02. The van der Waals surface area contributed by atoms with E-state index in [-0.39, 0.29) is 0 Å².